The smallest absolute Gasteiger partial charge is 0.211 e. The Kier molecular flexibility index (Phi) is 4.16. The molecule has 1 heterocycles. The molecule has 0 aliphatic carbocycles. The molecule has 0 atom stereocenters. The molecule has 0 aromatic carbocycles. The number of rotatable bonds is 6. The first-order valence-electron chi connectivity index (χ1n) is 4.73. The minimum Gasteiger partial charge on any atom is -0.367 e. The Morgan fingerprint density at radius 2 is 2.29 bits per heavy atom. The van der Waals surface area contributed by atoms with Crippen LogP contribution in [0.3, 0.4) is 0 Å². The fourth-order valence-corrected chi connectivity index (χ4v) is 2.27. The molecule has 4 nitrogen and oxygen atoms in total. The highest BCUT2D eigenvalue weighted by molar-refractivity contribution is 7.89. The van der Waals surface area contributed by atoms with Gasteiger partial charge < -0.3 is 4.98 Å². The number of hydrogen-bond acceptors (Lipinski definition) is 2. The Hall–Kier alpha value is -0.810. The van der Waals surface area contributed by atoms with Crippen molar-refractivity contribution < 1.29 is 8.42 Å². The predicted octanol–water partition coefficient (Wildman–Crippen LogP) is 1.23. The lowest BCUT2D eigenvalue weighted by Crippen LogP contribution is -2.25. The Balaban J connectivity index is 2.37. The molecular formula is C9H16N2O2S. The molecule has 1 aromatic rings. The molecule has 0 unspecified atom stereocenters. The minimum absolute atomic E-state index is 0.216. The summed E-state index contributed by atoms with van der Waals surface area (Å²) in [6.07, 6.45) is 5.16. The van der Waals surface area contributed by atoms with E-state index in [1.165, 1.54) is 0 Å². The van der Waals surface area contributed by atoms with Crippen molar-refractivity contribution in [3.8, 4) is 0 Å². The number of sulfonamides is 1. The van der Waals surface area contributed by atoms with E-state index < -0.39 is 10.0 Å². The normalized spacial score (nSPS) is 11.8. The second kappa shape index (κ2) is 5.17. The standard InChI is InChI=1S/C9H16N2O2S/c1-2-3-6-14(12,13)11-8-9-4-5-10-7-9/h4-5,7,10-11H,2-3,6,8H2,1H3. The molecule has 0 spiro atoms. The molecule has 5 heteroatoms. The van der Waals surface area contributed by atoms with Crippen molar-refractivity contribution in [2.24, 2.45) is 0 Å². The maximum absolute atomic E-state index is 11.4. The Labute approximate surface area is 84.8 Å². The Morgan fingerprint density at radius 3 is 2.86 bits per heavy atom. The number of aromatic amines is 1. The summed E-state index contributed by atoms with van der Waals surface area (Å²) in [6, 6.07) is 1.85. The first-order chi connectivity index (χ1) is 6.64. The first-order valence-corrected chi connectivity index (χ1v) is 6.38. The molecule has 0 amide bonds. The maximum Gasteiger partial charge on any atom is 0.211 e. The van der Waals surface area contributed by atoms with E-state index >= 15 is 0 Å². The highest BCUT2D eigenvalue weighted by atomic mass is 32.2. The van der Waals surface area contributed by atoms with Crippen LogP contribution in [0, 0.1) is 0 Å². The molecule has 0 radical (unpaired) electrons. The van der Waals surface area contributed by atoms with Gasteiger partial charge >= 0.3 is 0 Å². The Morgan fingerprint density at radius 1 is 1.50 bits per heavy atom. The summed E-state index contributed by atoms with van der Waals surface area (Å²) >= 11 is 0. The summed E-state index contributed by atoms with van der Waals surface area (Å²) in [5.74, 6) is 0.216. The minimum atomic E-state index is -3.08. The van der Waals surface area contributed by atoms with Crippen molar-refractivity contribution in [3.05, 3.63) is 24.0 Å². The number of unbranched alkanes of at least 4 members (excludes halogenated alkanes) is 1. The van der Waals surface area contributed by atoms with Crippen LogP contribution in [-0.4, -0.2) is 19.2 Å². The molecule has 0 aliphatic heterocycles. The van der Waals surface area contributed by atoms with Gasteiger partial charge in [0.1, 0.15) is 0 Å². The van der Waals surface area contributed by atoms with E-state index in [4.69, 9.17) is 0 Å². The summed E-state index contributed by atoms with van der Waals surface area (Å²) in [5, 5.41) is 0. The molecule has 14 heavy (non-hydrogen) atoms. The molecule has 1 rings (SSSR count). The van der Waals surface area contributed by atoms with Crippen molar-refractivity contribution in [2.45, 2.75) is 26.3 Å². The maximum atomic E-state index is 11.4. The number of hydrogen-bond donors (Lipinski definition) is 2. The van der Waals surface area contributed by atoms with Crippen LogP contribution in [0.1, 0.15) is 25.3 Å². The van der Waals surface area contributed by atoms with Crippen molar-refractivity contribution in [3.63, 3.8) is 0 Å². The van der Waals surface area contributed by atoms with Gasteiger partial charge in [0.2, 0.25) is 10.0 Å². The van der Waals surface area contributed by atoms with Gasteiger partial charge in [-0.1, -0.05) is 13.3 Å². The van der Waals surface area contributed by atoms with Gasteiger partial charge in [0.05, 0.1) is 5.75 Å². The largest absolute Gasteiger partial charge is 0.367 e. The summed E-state index contributed by atoms with van der Waals surface area (Å²) in [7, 11) is -3.08. The van der Waals surface area contributed by atoms with Crippen LogP contribution < -0.4 is 4.72 Å². The molecule has 80 valence electrons. The van der Waals surface area contributed by atoms with E-state index in [1.807, 2.05) is 13.0 Å². The second-order valence-electron chi connectivity index (χ2n) is 3.21. The molecule has 2 N–H and O–H groups in total. The van der Waals surface area contributed by atoms with E-state index in [-0.39, 0.29) is 5.75 Å². The predicted molar refractivity (Wildman–Crippen MR) is 56.3 cm³/mol. The van der Waals surface area contributed by atoms with Crippen LogP contribution in [0.5, 0.6) is 0 Å². The zero-order chi connectivity index (χ0) is 10.4. The van der Waals surface area contributed by atoms with Gasteiger partial charge in [-0.05, 0) is 18.1 Å². The van der Waals surface area contributed by atoms with Crippen molar-refractivity contribution in [2.75, 3.05) is 5.75 Å². The summed E-state index contributed by atoms with van der Waals surface area (Å²) in [6.45, 7) is 2.34. The van der Waals surface area contributed by atoms with Crippen LogP contribution in [0.25, 0.3) is 0 Å². The number of nitrogens with one attached hydrogen (secondary N) is 2. The average Bonchev–Trinajstić information content (AvgIpc) is 2.64. The van der Waals surface area contributed by atoms with E-state index in [0.717, 1.165) is 12.0 Å². The van der Waals surface area contributed by atoms with Gasteiger partial charge in [0.15, 0.2) is 0 Å². The van der Waals surface area contributed by atoms with Gasteiger partial charge in [0, 0.05) is 18.9 Å². The second-order valence-corrected chi connectivity index (χ2v) is 5.14. The fourth-order valence-electron chi connectivity index (χ4n) is 1.07. The Bertz CT molecular complexity index is 343. The average molecular weight is 216 g/mol. The lowest BCUT2D eigenvalue weighted by Gasteiger charge is -2.04. The topological polar surface area (TPSA) is 62.0 Å². The third-order valence-corrected chi connectivity index (χ3v) is 3.34. The van der Waals surface area contributed by atoms with Gasteiger partial charge in [-0.25, -0.2) is 13.1 Å². The van der Waals surface area contributed by atoms with Crippen molar-refractivity contribution in [1.82, 2.24) is 9.71 Å². The zero-order valence-corrected chi connectivity index (χ0v) is 9.10. The van der Waals surface area contributed by atoms with Crippen LogP contribution in [-0.2, 0) is 16.6 Å². The molecular weight excluding hydrogens is 200 g/mol. The third kappa shape index (κ3) is 3.93. The van der Waals surface area contributed by atoms with Crippen LogP contribution in [0.15, 0.2) is 18.5 Å². The lowest BCUT2D eigenvalue weighted by molar-refractivity contribution is 0.578. The van der Waals surface area contributed by atoms with E-state index in [1.54, 1.807) is 12.4 Å². The molecule has 0 saturated heterocycles. The van der Waals surface area contributed by atoms with Gasteiger partial charge in [0.25, 0.3) is 0 Å². The van der Waals surface area contributed by atoms with Crippen LogP contribution in [0.4, 0.5) is 0 Å². The van der Waals surface area contributed by atoms with Crippen molar-refractivity contribution in [1.29, 1.82) is 0 Å². The number of aromatic nitrogens is 1. The fraction of sp³-hybridized carbons (Fsp3) is 0.556. The highest BCUT2D eigenvalue weighted by Crippen LogP contribution is 1.98. The van der Waals surface area contributed by atoms with Crippen LogP contribution >= 0.6 is 0 Å². The highest BCUT2D eigenvalue weighted by Gasteiger charge is 2.08. The van der Waals surface area contributed by atoms with E-state index in [9.17, 15) is 8.42 Å². The third-order valence-electron chi connectivity index (χ3n) is 1.93. The van der Waals surface area contributed by atoms with E-state index in [2.05, 4.69) is 9.71 Å². The monoisotopic (exact) mass is 216 g/mol. The zero-order valence-electron chi connectivity index (χ0n) is 8.29. The van der Waals surface area contributed by atoms with Crippen molar-refractivity contribution >= 4 is 10.0 Å². The van der Waals surface area contributed by atoms with Gasteiger partial charge in [-0.2, -0.15) is 0 Å². The molecule has 1 aromatic heterocycles. The molecule has 0 aliphatic rings. The molecule has 0 bridgehead atoms. The first kappa shape index (κ1) is 11.3. The SMILES string of the molecule is CCCCS(=O)(=O)NCc1cc[nH]c1. The summed E-state index contributed by atoms with van der Waals surface area (Å²) in [5.41, 5.74) is 0.949. The molecule has 0 fully saturated rings. The quantitative estimate of drug-likeness (QED) is 0.751. The summed E-state index contributed by atoms with van der Waals surface area (Å²) in [4.78, 5) is 2.87. The number of H-pyrrole nitrogens is 1. The lowest BCUT2D eigenvalue weighted by atomic mass is 10.4. The summed E-state index contributed by atoms with van der Waals surface area (Å²) < 4.78 is 25.3. The van der Waals surface area contributed by atoms with Gasteiger partial charge in [-0.15, -0.1) is 0 Å². The van der Waals surface area contributed by atoms with Gasteiger partial charge in [-0.3, -0.25) is 0 Å². The van der Waals surface area contributed by atoms with E-state index in [0.29, 0.717) is 13.0 Å². The van der Waals surface area contributed by atoms with Crippen LogP contribution in [0.2, 0.25) is 0 Å². The molecule has 0 saturated carbocycles.